The maximum absolute atomic E-state index is 13.9. The number of hydrogen-bond donors (Lipinski definition) is 1. The number of carbonyl (C=O) groups is 1. The summed E-state index contributed by atoms with van der Waals surface area (Å²) in [6.07, 6.45) is 5.03. The van der Waals surface area contributed by atoms with Gasteiger partial charge in [0.2, 0.25) is 0 Å². The molecule has 1 unspecified atom stereocenters. The number of hydroxylamine groups is 2. The molecule has 2 aliphatic rings. The average Bonchev–Trinajstić information content (AvgIpc) is 2.75. The van der Waals surface area contributed by atoms with E-state index in [0.29, 0.717) is 12.3 Å². The molecule has 0 saturated carbocycles. The summed E-state index contributed by atoms with van der Waals surface area (Å²) < 4.78 is 0. The van der Waals surface area contributed by atoms with Crippen molar-refractivity contribution in [1.82, 2.24) is 5.06 Å². The summed E-state index contributed by atoms with van der Waals surface area (Å²) in [6, 6.07) is 4.29. The zero-order valence-corrected chi connectivity index (χ0v) is 29.5. The molecule has 1 saturated heterocycles. The van der Waals surface area contributed by atoms with Gasteiger partial charge in [0, 0.05) is 34.7 Å². The molecule has 233 valence electrons. The molecule has 1 aromatic rings. The fourth-order valence-electron chi connectivity index (χ4n) is 6.49. The van der Waals surface area contributed by atoms with Crippen LogP contribution in [0.5, 0.6) is 5.75 Å². The fraction of sp³-hybridized carbons (Fsp3) is 0.658. The van der Waals surface area contributed by atoms with Crippen LogP contribution in [-0.2, 0) is 20.8 Å². The number of benzene rings is 1. The van der Waals surface area contributed by atoms with E-state index >= 15 is 0 Å². The first kappa shape index (κ1) is 34.3. The monoisotopic (exact) mass is 576 g/mol. The second-order valence-electron chi connectivity index (χ2n) is 18.3. The number of nitrogens with zero attached hydrogens (tertiary/aromatic N) is 1. The Hall–Kier alpha value is -2.17. The van der Waals surface area contributed by atoms with Gasteiger partial charge in [-0.25, -0.2) is 0 Å². The van der Waals surface area contributed by atoms with Gasteiger partial charge in [0.1, 0.15) is 5.75 Å². The number of carbonyl (C=O) groups excluding carboxylic acids is 1. The van der Waals surface area contributed by atoms with Gasteiger partial charge >= 0.3 is 0 Å². The molecule has 0 aromatic heterocycles. The first-order valence-corrected chi connectivity index (χ1v) is 15.7. The average molecular weight is 577 g/mol. The molecular weight excluding hydrogens is 518 g/mol. The van der Waals surface area contributed by atoms with Gasteiger partial charge in [-0.3, -0.25) is 4.79 Å². The summed E-state index contributed by atoms with van der Waals surface area (Å²) in [4.78, 5) is 13.9. The van der Waals surface area contributed by atoms with Crippen LogP contribution in [0.2, 0.25) is 0 Å². The summed E-state index contributed by atoms with van der Waals surface area (Å²) >= 11 is 0. The number of Topliss-reactive ketones (excluding diaryl/α,β-unsaturated/α-hetero) is 1. The van der Waals surface area contributed by atoms with E-state index in [2.05, 4.69) is 135 Å². The van der Waals surface area contributed by atoms with E-state index in [-0.39, 0.29) is 38.8 Å². The van der Waals surface area contributed by atoms with Gasteiger partial charge in [-0.05, 0) is 88.3 Å². The highest BCUT2D eigenvalue weighted by Gasteiger charge is 2.49. The molecular formula is C38H58NO3. The van der Waals surface area contributed by atoms with Crippen molar-refractivity contribution in [3.05, 3.63) is 57.7 Å². The predicted octanol–water partition coefficient (Wildman–Crippen LogP) is 9.74. The van der Waals surface area contributed by atoms with Crippen molar-refractivity contribution < 1.29 is 15.1 Å². The molecule has 0 amide bonds. The van der Waals surface area contributed by atoms with Gasteiger partial charge in [-0.1, -0.05) is 96.9 Å². The van der Waals surface area contributed by atoms with Gasteiger partial charge in [-0.2, -0.15) is 0 Å². The Bertz CT molecular complexity index is 1270. The van der Waals surface area contributed by atoms with Crippen molar-refractivity contribution in [2.75, 3.05) is 6.54 Å². The van der Waals surface area contributed by atoms with E-state index in [4.69, 9.17) is 0 Å². The highest BCUT2D eigenvalue weighted by molar-refractivity contribution is 6.12. The molecule has 42 heavy (non-hydrogen) atoms. The van der Waals surface area contributed by atoms with E-state index in [1.54, 1.807) is 0 Å². The minimum atomic E-state index is -0.674. The van der Waals surface area contributed by atoms with Crippen LogP contribution in [0.15, 0.2) is 41.0 Å². The lowest BCUT2D eigenvalue weighted by Crippen LogP contribution is -2.56. The molecule has 1 aromatic carbocycles. The molecule has 1 fully saturated rings. The van der Waals surface area contributed by atoms with Crippen molar-refractivity contribution in [3.63, 3.8) is 0 Å². The number of hydrogen-bond acceptors (Lipinski definition) is 3. The van der Waals surface area contributed by atoms with Crippen LogP contribution in [0.3, 0.4) is 0 Å². The lowest BCUT2D eigenvalue weighted by Gasteiger charge is -2.51. The Morgan fingerprint density at radius 3 is 1.52 bits per heavy atom. The maximum atomic E-state index is 13.9. The summed E-state index contributed by atoms with van der Waals surface area (Å²) in [6.45, 7) is 34.3. The van der Waals surface area contributed by atoms with E-state index < -0.39 is 5.54 Å². The fourth-order valence-corrected chi connectivity index (χ4v) is 6.49. The Labute approximate surface area is 256 Å². The molecule has 0 spiro atoms. The number of aromatic hydroxyl groups is 1. The van der Waals surface area contributed by atoms with E-state index in [9.17, 15) is 15.1 Å². The summed E-state index contributed by atoms with van der Waals surface area (Å²) in [5, 5.41) is 26.6. The predicted molar refractivity (Wildman–Crippen MR) is 176 cm³/mol. The van der Waals surface area contributed by atoms with Crippen LogP contribution >= 0.6 is 0 Å². The van der Waals surface area contributed by atoms with Gasteiger partial charge in [0.15, 0.2) is 5.78 Å². The number of phenols is 1. The van der Waals surface area contributed by atoms with Crippen LogP contribution in [0.1, 0.15) is 134 Å². The first-order valence-electron chi connectivity index (χ1n) is 15.7. The lowest BCUT2D eigenvalue weighted by molar-refractivity contribution is -0.260. The van der Waals surface area contributed by atoms with Crippen LogP contribution in [-0.4, -0.2) is 28.0 Å². The van der Waals surface area contributed by atoms with Crippen molar-refractivity contribution in [2.45, 2.75) is 134 Å². The molecule has 0 bridgehead atoms. The smallest absolute Gasteiger partial charge is 0.186 e. The molecule has 3 rings (SSSR count). The SMILES string of the molecule is CC1(C)CC(C(=C2C=C(C(C)(C)C)C(=O)C(C(C)(C)C)=C2)c2cc(C(C)(C)C)c(O)c(C(C)(C)C)c2)C(C)(C)N([O])C1. The normalized spacial score (nSPS) is 22.2. The third-order valence-electron chi connectivity index (χ3n) is 9.23. The number of phenolic OH excluding ortho intramolecular Hbond substituents is 1. The zero-order chi connectivity index (χ0) is 32.6. The van der Waals surface area contributed by atoms with Gasteiger partial charge in [0.25, 0.3) is 0 Å². The number of piperidine rings is 1. The van der Waals surface area contributed by atoms with Crippen LogP contribution < -0.4 is 0 Å². The zero-order valence-electron chi connectivity index (χ0n) is 29.5. The number of ketones is 1. The van der Waals surface area contributed by atoms with Crippen molar-refractivity contribution in [1.29, 1.82) is 0 Å². The van der Waals surface area contributed by atoms with Crippen molar-refractivity contribution in [2.24, 2.45) is 22.2 Å². The summed E-state index contributed by atoms with van der Waals surface area (Å²) in [5.74, 6) is 0.331. The maximum Gasteiger partial charge on any atom is 0.186 e. The number of allylic oxidation sites excluding steroid dienone is 5. The van der Waals surface area contributed by atoms with Crippen molar-refractivity contribution in [3.8, 4) is 5.75 Å². The quantitative estimate of drug-likeness (QED) is 0.381. The molecule has 1 aliphatic carbocycles. The molecule has 1 atom stereocenters. The highest BCUT2D eigenvalue weighted by atomic mass is 16.5. The Kier molecular flexibility index (Phi) is 8.56. The summed E-state index contributed by atoms with van der Waals surface area (Å²) in [7, 11) is 0. The molecule has 4 heteroatoms. The molecule has 1 aliphatic heterocycles. The molecule has 1 radical (unpaired) electrons. The van der Waals surface area contributed by atoms with Gasteiger partial charge in [-0.15, -0.1) is 10.3 Å². The molecule has 4 nitrogen and oxygen atoms in total. The standard InChI is InChI=1S/C38H58NO3/c1-33(2,3)25-17-23(18-26(31(25)40)34(4,5)6)30(29-21-37(13,14)22-39(42)38(29,15)16)24-19-27(35(7,8)9)32(41)28(20-24)36(10,11)12/h17-20,29,40H,21-22H2,1-16H3. The molecule has 1 heterocycles. The Balaban J connectivity index is 2.63. The van der Waals surface area contributed by atoms with Crippen LogP contribution in [0.25, 0.3) is 5.57 Å². The number of rotatable bonds is 2. The Morgan fingerprint density at radius 1 is 0.762 bits per heavy atom. The van der Waals surface area contributed by atoms with Crippen LogP contribution in [0, 0.1) is 22.2 Å². The minimum Gasteiger partial charge on any atom is -0.507 e. The topological polar surface area (TPSA) is 60.4 Å². The third-order valence-corrected chi connectivity index (χ3v) is 9.23. The van der Waals surface area contributed by atoms with E-state index in [1.807, 2.05) is 0 Å². The van der Waals surface area contributed by atoms with Crippen LogP contribution in [0.4, 0.5) is 0 Å². The Morgan fingerprint density at radius 2 is 1.17 bits per heavy atom. The second kappa shape index (κ2) is 10.5. The largest absolute Gasteiger partial charge is 0.507 e. The minimum absolute atomic E-state index is 0.100. The molecule has 1 N–H and O–H groups in total. The summed E-state index contributed by atoms with van der Waals surface area (Å²) in [5.41, 5.74) is 4.29. The second-order valence-corrected chi connectivity index (χ2v) is 18.3. The third kappa shape index (κ3) is 6.65. The van der Waals surface area contributed by atoms with E-state index in [0.717, 1.165) is 45.4 Å². The lowest BCUT2D eigenvalue weighted by atomic mass is 9.63. The van der Waals surface area contributed by atoms with E-state index in [1.165, 1.54) is 5.06 Å². The highest BCUT2D eigenvalue weighted by Crippen LogP contribution is 2.52. The van der Waals surface area contributed by atoms with Gasteiger partial charge < -0.3 is 5.11 Å². The van der Waals surface area contributed by atoms with Gasteiger partial charge in [0.05, 0.1) is 5.54 Å². The van der Waals surface area contributed by atoms with Crippen molar-refractivity contribution >= 4 is 11.4 Å². The first-order chi connectivity index (χ1) is 18.6.